The monoisotopic (exact) mass is 307 g/mol. The van der Waals surface area contributed by atoms with Crippen molar-refractivity contribution in [2.45, 2.75) is 13.3 Å². The third-order valence-electron chi connectivity index (χ3n) is 3.62. The van der Waals surface area contributed by atoms with Crippen molar-refractivity contribution >= 4 is 22.9 Å². The standard InChI is InChI=1S/C13H21N7O2/c1-2-3-19(4-7-21)12-10-11(17-18-16-10)14-13(15-12)20-5-8-22-9-6-20/h21H,2-9H2,1H3,(H,14,15,16,17,18). The van der Waals surface area contributed by atoms with Gasteiger partial charge in [-0.05, 0) is 6.42 Å². The molecule has 2 aromatic rings. The molecule has 9 heteroatoms. The summed E-state index contributed by atoms with van der Waals surface area (Å²) in [6, 6.07) is 0. The number of anilines is 2. The minimum Gasteiger partial charge on any atom is -0.395 e. The van der Waals surface area contributed by atoms with E-state index in [1.807, 2.05) is 4.90 Å². The predicted molar refractivity (Wildman–Crippen MR) is 82.1 cm³/mol. The smallest absolute Gasteiger partial charge is 0.229 e. The Labute approximate surface area is 128 Å². The van der Waals surface area contributed by atoms with E-state index in [1.165, 1.54) is 0 Å². The van der Waals surface area contributed by atoms with Gasteiger partial charge in [0.25, 0.3) is 0 Å². The van der Waals surface area contributed by atoms with Crippen LogP contribution in [0.15, 0.2) is 0 Å². The molecule has 1 saturated heterocycles. The Kier molecular flexibility index (Phi) is 4.64. The van der Waals surface area contributed by atoms with Crippen LogP contribution in [-0.2, 0) is 4.74 Å². The van der Waals surface area contributed by atoms with Crippen LogP contribution in [-0.4, -0.2) is 76.5 Å². The highest BCUT2D eigenvalue weighted by Crippen LogP contribution is 2.24. The van der Waals surface area contributed by atoms with Gasteiger partial charge in [0, 0.05) is 26.2 Å². The number of hydrogen-bond donors (Lipinski definition) is 2. The summed E-state index contributed by atoms with van der Waals surface area (Å²) in [6.07, 6.45) is 0.955. The van der Waals surface area contributed by atoms with E-state index >= 15 is 0 Å². The lowest BCUT2D eigenvalue weighted by Crippen LogP contribution is -2.38. The van der Waals surface area contributed by atoms with E-state index in [0.717, 1.165) is 31.9 Å². The molecule has 0 atom stereocenters. The minimum absolute atomic E-state index is 0.0657. The average Bonchev–Trinajstić information content (AvgIpc) is 3.03. The molecule has 3 rings (SSSR count). The van der Waals surface area contributed by atoms with Gasteiger partial charge in [-0.2, -0.15) is 9.97 Å². The number of aromatic amines is 1. The Bertz CT molecular complexity index is 605. The van der Waals surface area contributed by atoms with Crippen molar-refractivity contribution in [2.24, 2.45) is 0 Å². The highest BCUT2D eigenvalue weighted by atomic mass is 16.5. The number of fused-ring (bicyclic) bond motifs is 1. The molecule has 0 aromatic carbocycles. The fourth-order valence-electron chi connectivity index (χ4n) is 2.56. The number of nitrogens with one attached hydrogen (secondary N) is 1. The molecule has 1 aliphatic rings. The third-order valence-corrected chi connectivity index (χ3v) is 3.62. The van der Waals surface area contributed by atoms with Crippen LogP contribution in [0.1, 0.15) is 13.3 Å². The zero-order chi connectivity index (χ0) is 15.4. The number of rotatable bonds is 6. The van der Waals surface area contributed by atoms with Gasteiger partial charge in [-0.15, -0.1) is 5.10 Å². The molecule has 2 aromatic heterocycles. The highest BCUT2D eigenvalue weighted by Gasteiger charge is 2.21. The summed E-state index contributed by atoms with van der Waals surface area (Å²) in [7, 11) is 0. The van der Waals surface area contributed by atoms with E-state index in [1.54, 1.807) is 0 Å². The van der Waals surface area contributed by atoms with E-state index in [0.29, 0.717) is 36.9 Å². The van der Waals surface area contributed by atoms with Gasteiger partial charge < -0.3 is 19.6 Å². The zero-order valence-corrected chi connectivity index (χ0v) is 12.7. The summed E-state index contributed by atoms with van der Waals surface area (Å²) in [5.41, 5.74) is 1.25. The molecule has 0 radical (unpaired) electrons. The molecule has 0 spiro atoms. The van der Waals surface area contributed by atoms with Crippen molar-refractivity contribution in [1.82, 2.24) is 25.4 Å². The summed E-state index contributed by atoms with van der Waals surface area (Å²) < 4.78 is 5.38. The second kappa shape index (κ2) is 6.84. The van der Waals surface area contributed by atoms with Crippen molar-refractivity contribution in [2.75, 3.05) is 55.8 Å². The number of H-pyrrole nitrogens is 1. The fraction of sp³-hybridized carbons (Fsp3) is 0.692. The largest absolute Gasteiger partial charge is 0.395 e. The van der Waals surface area contributed by atoms with Crippen molar-refractivity contribution in [3.8, 4) is 0 Å². The number of aromatic nitrogens is 5. The van der Waals surface area contributed by atoms with Crippen LogP contribution in [0.5, 0.6) is 0 Å². The van der Waals surface area contributed by atoms with Crippen LogP contribution >= 0.6 is 0 Å². The summed E-state index contributed by atoms with van der Waals surface area (Å²) in [5, 5.41) is 20.1. The SMILES string of the molecule is CCCN(CCO)c1nc(N2CCOCC2)nc2[nH]nnc12. The Balaban J connectivity index is 2.00. The van der Waals surface area contributed by atoms with Crippen molar-refractivity contribution in [1.29, 1.82) is 0 Å². The van der Waals surface area contributed by atoms with Crippen LogP contribution in [0.25, 0.3) is 11.2 Å². The number of aliphatic hydroxyl groups excluding tert-OH is 1. The average molecular weight is 307 g/mol. The number of nitrogens with zero attached hydrogens (tertiary/aromatic N) is 6. The molecule has 1 aliphatic heterocycles. The van der Waals surface area contributed by atoms with Crippen LogP contribution < -0.4 is 9.80 Å². The van der Waals surface area contributed by atoms with Gasteiger partial charge in [0.1, 0.15) is 0 Å². The molecule has 22 heavy (non-hydrogen) atoms. The van der Waals surface area contributed by atoms with Gasteiger partial charge in [-0.1, -0.05) is 12.1 Å². The molecule has 120 valence electrons. The van der Waals surface area contributed by atoms with Gasteiger partial charge in [-0.25, -0.2) is 5.10 Å². The number of morpholine rings is 1. The van der Waals surface area contributed by atoms with E-state index in [2.05, 4.69) is 37.2 Å². The van der Waals surface area contributed by atoms with Crippen LogP contribution in [0, 0.1) is 0 Å². The number of ether oxygens (including phenoxy) is 1. The van der Waals surface area contributed by atoms with Crippen LogP contribution in [0.4, 0.5) is 11.8 Å². The maximum absolute atomic E-state index is 9.31. The quantitative estimate of drug-likeness (QED) is 0.756. The van der Waals surface area contributed by atoms with Gasteiger partial charge >= 0.3 is 0 Å². The Morgan fingerprint density at radius 2 is 2.09 bits per heavy atom. The van der Waals surface area contributed by atoms with E-state index < -0.39 is 0 Å². The highest BCUT2D eigenvalue weighted by molar-refractivity contribution is 5.83. The lowest BCUT2D eigenvalue weighted by Gasteiger charge is -2.28. The van der Waals surface area contributed by atoms with Crippen molar-refractivity contribution in [3.63, 3.8) is 0 Å². The number of hydrogen-bond acceptors (Lipinski definition) is 8. The first-order valence-corrected chi connectivity index (χ1v) is 7.60. The first kappa shape index (κ1) is 14.9. The minimum atomic E-state index is 0.0657. The van der Waals surface area contributed by atoms with E-state index in [9.17, 15) is 5.11 Å². The molecule has 2 N–H and O–H groups in total. The van der Waals surface area contributed by atoms with E-state index in [4.69, 9.17) is 4.74 Å². The molecule has 0 aliphatic carbocycles. The van der Waals surface area contributed by atoms with E-state index in [-0.39, 0.29) is 6.61 Å². The fourth-order valence-corrected chi connectivity index (χ4v) is 2.56. The third kappa shape index (κ3) is 2.95. The van der Waals surface area contributed by atoms with Crippen molar-refractivity contribution in [3.05, 3.63) is 0 Å². The lowest BCUT2D eigenvalue weighted by atomic mass is 10.3. The van der Waals surface area contributed by atoms with Gasteiger partial charge in [0.05, 0.1) is 19.8 Å². The molecular formula is C13H21N7O2. The van der Waals surface area contributed by atoms with Gasteiger partial charge in [-0.3, -0.25) is 0 Å². The van der Waals surface area contributed by atoms with Crippen LogP contribution in [0.2, 0.25) is 0 Å². The van der Waals surface area contributed by atoms with Crippen molar-refractivity contribution < 1.29 is 9.84 Å². The number of aliphatic hydroxyl groups is 1. The topological polar surface area (TPSA) is 103 Å². The first-order valence-electron chi connectivity index (χ1n) is 7.60. The maximum Gasteiger partial charge on any atom is 0.229 e. The molecular weight excluding hydrogens is 286 g/mol. The molecule has 0 unspecified atom stereocenters. The van der Waals surface area contributed by atoms with Crippen LogP contribution in [0.3, 0.4) is 0 Å². The molecule has 0 saturated carbocycles. The molecule has 0 amide bonds. The lowest BCUT2D eigenvalue weighted by molar-refractivity contribution is 0.122. The molecule has 1 fully saturated rings. The predicted octanol–water partition coefficient (Wildman–Crippen LogP) is -0.207. The Hall–Kier alpha value is -2.00. The normalized spacial score (nSPS) is 15.5. The zero-order valence-electron chi connectivity index (χ0n) is 12.7. The molecule has 3 heterocycles. The Morgan fingerprint density at radius 1 is 1.27 bits per heavy atom. The Morgan fingerprint density at radius 3 is 2.82 bits per heavy atom. The summed E-state index contributed by atoms with van der Waals surface area (Å²) in [6.45, 7) is 6.34. The van der Waals surface area contributed by atoms with Gasteiger partial charge in [0.15, 0.2) is 17.0 Å². The summed E-state index contributed by atoms with van der Waals surface area (Å²) in [4.78, 5) is 13.3. The first-order chi connectivity index (χ1) is 10.8. The maximum atomic E-state index is 9.31. The summed E-state index contributed by atoms with van der Waals surface area (Å²) >= 11 is 0. The van der Waals surface area contributed by atoms with Gasteiger partial charge in [0.2, 0.25) is 5.95 Å². The second-order valence-corrected chi connectivity index (χ2v) is 5.17. The molecule has 0 bridgehead atoms. The summed E-state index contributed by atoms with van der Waals surface area (Å²) in [5.74, 6) is 1.37. The molecule has 9 nitrogen and oxygen atoms in total. The second-order valence-electron chi connectivity index (χ2n) is 5.17.